The molecular weight excluding hydrogens is 450 g/mol. The van der Waals surface area contributed by atoms with E-state index < -0.39 is 8.32 Å². The second-order valence-electron chi connectivity index (χ2n) is 6.06. The Morgan fingerprint density at radius 2 is 1.68 bits per heavy atom. The third-order valence-corrected chi connectivity index (χ3v) is 3.83. The molecule has 3 aromatic carbocycles. The number of benzene rings is 1. The third-order valence-electron chi connectivity index (χ3n) is 3.00. The van der Waals surface area contributed by atoms with Gasteiger partial charge in [-0.1, -0.05) is 6.07 Å². The molecule has 0 radical (unpaired) electrons. The average molecular weight is 475 g/mol. The Kier molecular flexibility index (Phi) is 13.6. The first kappa shape index (κ1) is 26.7. The zero-order valence-electron chi connectivity index (χ0n) is 15.1. The topological polar surface area (TPSA) is 18.5 Å². The molecule has 0 saturated carbocycles. The van der Waals surface area contributed by atoms with Crippen molar-refractivity contribution in [1.82, 2.24) is 0 Å². The normalized spacial score (nSPS) is 9.60. The predicted molar refractivity (Wildman–Crippen MR) is 96.7 cm³/mol. The third kappa shape index (κ3) is 9.10. The summed E-state index contributed by atoms with van der Waals surface area (Å²) in [4.78, 5) is 0. The molecule has 0 atom stereocenters. The van der Waals surface area contributed by atoms with E-state index in [1.54, 1.807) is 0 Å². The zero-order chi connectivity index (χ0) is 16.0. The van der Waals surface area contributed by atoms with Gasteiger partial charge in [-0.05, 0) is 26.6 Å². The van der Waals surface area contributed by atoms with Crippen molar-refractivity contribution in [3.63, 3.8) is 0 Å². The van der Waals surface area contributed by atoms with Gasteiger partial charge in [-0.25, -0.2) is 6.07 Å². The van der Waals surface area contributed by atoms with Crippen molar-refractivity contribution in [2.75, 3.05) is 6.61 Å². The molecule has 0 fully saturated rings. The van der Waals surface area contributed by atoms with Crippen LogP contribution in [0.2, 0.25) is 19.6 Å². The van der Waals surface area contributed by atoms with E-state index in [4.69, 9.17) is 9.16 Å². The molecule has 0 saturated heterocycles. The van der Waals surface area contributed by atoms with Gasteiger partial charge in [-0.2, -0.15) is 23.6 Å². The van der Waals surface area contributed by atoms with E-state index in [1.165, 1.54) is 10.8 Å². The monoisotopic (exact) mass is 472 g/mol. The van der Waals surface area contributed by atoms with Crippen molar-refractivity contribution in [3.8, 4) is 11.5 Å². The molecule has 0 aliphatic carbocycles. The van der Waals surface area contributed by atoms with E-state index in [0.717, 1.165) is 11.5 Å². The van der Waals surface area contributed by atoms with Crippen molar-refractivity contribution in [2.45, 2.75) is 26.6 Å². The Hall–Kier alpha value is -0.540. The van der Waals surface area contributed by atoms with E-state index in [0.29, 0.717) is 6.61 Å². The SMILES string of the molecule is CCO[c-]1cccc1O[Si](C)(C)C.[Cl-].[Cl-].[Zr+4].c1ccc2[cH-]ccc2c1. The molecule has 25 heavy (non-hydrogen) atoms. The molecule has 3 aromatic rings. The van der Waals surface area contributed by atoms with Gasteiger partial charge in [0.15, 0.2) is 0 Å². The smallest absolute Gasteiger partial charge is 1.00 e. The Labute approximate surface area is 183 Å². The molecule has 0 amide bonds. The summed E-state index contributed by atoms with van der Waals surface area (Å²) in [5, 5.41) is 2.66. The van der Waals surface area contributed by atoms with Gasteiger partial charge in [0.1, 0.15) is 0 Å². The first-order valence-corrected chi connectivity index (χ1v) is 11.1. The van der Waals surface area contributed by atoms with Crippen molar-refractivity contribution in [3.05, 3.63) is 60.7 Å². The molecule has 2 nitrogen and oxygen atoms in total. The van der Waals surface area contributed by atoms with E-state index in [9.17, 15) is 0 Å². The summed E-state index contributed by atoms with van der Waals surface area (Å²) in [6, 6.07) is 20.5. The Balaban J connectivity index is 0. The molecule has 134 valence electrons. The van der Waals surface area contributed by atoms with Crippen LogP contribution in [0.1, 0.15) is 6.92 Å². The fraction of sp³-hybridized carbons (Fsp3) is 0.263. The summed E-state index contributed by atoms with van der Waals surface area (Å²) < 4.78 is 11.3. The van der Waals surface area contributed by atoms with Crippen molar-refractivity contribution < 1.29 is 60.2 Å². The Morgan fingerprint density at radius 3 is 2.28 bits per heavy atom. The second-order valence-corrected chi connectivity index (χ2v) is 10.5. The van der Waals surface area contributed by atoms with Gasteiger partial charge in [0.25, 0.3) is 0 Å². The standard InChI is InChI=1S/C10H17O2Si.C9H7.2ClH.Zr/c1-5-11-9-7-6-8-10(9)12-13(2,3)4;1-2-5-9-7-3-6-8(9)4-1;;;/h6-8H,5H2,1-4H3;1-7H;2*1H;/q2*-1;;;+4/p-2. The van der Waals surface area contributed by atoms with Crippen LogP contribution in [0.5, 0.6) is 11.5 Å². The maximum atomic E-state index is 5.84. The molecule has 0 aliphatic heterocycles. The summed E-state index contributed by atoms with van der Waals surface area (Å²) >= 11 is 0. The van der Waals surface area contributed by atoms with Crippen LogP contribution in [-0.2, 0) is 26.2 Å². The van der Waals surface area contributed by atoms with Gasteiger partial charge in [-0.3, -0.25) is 0 Å². The quantitative estimate of drug-likeness (QED) is 0.378. The number of rotatable bonds is 4. The molecular formula is C19H24Cl2O2SiZr. The minimum atomic E-state index is -1.50. The molecule has 0 spiro atoms. The number of hydrogen-bond donors (Lipinski definition) is 0. The van der Waals surface area contributed by atoms with E-state index in [-0.39, 0.29) is 51.0 Å². The van der Waals surface area contributed by atoms with Gasteiger partial charge in [0, 0.05) is 11.5 Å². The van der Waals surface area contributed by atoms with Crippen LogP contribution in [0.15, 0.2) is 60.7 Å². The number of hydrogen-bond acceptors (Lipinski definition) is 2. The summed E-state index contributed by atoms with van der Waals surface area (Å²) in [6.07, 6.45) is 0. The summed E-state index contributed by atoms with van der Waals surface area (Å²) in [7, 11) is -1.50. The maximum Gasteiger partial charge on any atom is 4.00 e. The number of fused-ring (bicyclic) bond motifs is 1. The largest absolute Gasteiger partial charge is 4.00 e. The minimum Gasteiger partial charge on any atom is -1.00 e. The van der Waals surface area contributed by atoms with Crippen LogP contribution in [-0.4, -0.2) is 14.9 Å². The molecule has 0 unspecified atom stereocenters. The summed E-state index contributed by atoms with van der Waals surface area (Å²) in [5.74, 6) is 1.76. The molecule has 0 N–H and O–H groups in total. The predicted octanol–water partition coefficient (Wildman–Crippen LogP) is -0.418. The maximum absolute atomic E-state index is 5.84. The van der Waals surface area contributed by atoms with E-state index >= 15 is 0 Å². The average Bonchev–Trinajstić information content (AvgIpc) is 3.08. The van der Waals surface area contributed by atoms with Gasteiger partial charge in [0.2, 0.25) is 8.32 Å². The summed E-state index contributed by atoms with van der Waals surface area (Å²) in [6.45, 7) is 9.15. The van der Waals surface area contributed by atoms with Gasteiger partial charge in [-0.15, -0.1) is 35.7 Å². The van der Waals surface area contributed by atoms with Crippen LogP contribution in [0.25, 0.3) is 10.8 Å². The molecule has 0 bridgehead atoms. The molecule has 3 rings (SSSR count). The first-order valence-electron chi connectivity index (χ1n) is 7.67. The van der Waals surface area contributed by atoms with Crippen LogP contribution < -0.4 is 34.0 Å². The van der Waals surface area contributed by atoms with Crippen molar-refractivity contribution >= 4 is 19.1 Å². The minimum absolute atomic E-state index is 0. The van der Waals surface area contributed by atoms with Gasteiger partial charge in [0.05, 0.1) is 6.61 Å². The van der Waals surface area contributed by atoms with Gasteiger partial charge >= 0.3 is 26.2 Å². The van der Waals surface area contributed by atoms with Crippen molar-refractivity contribution in [2.24, 2.45) is 0 Å². The van der Waals surface area contributed by atoms with E-state index in [2.05, 4.69) is 62.1 Å². The first-order chi connectivity index (χ1) is 10.5. The Bertz CT molecular complexity index is 674. The molecule has 0 heterocycles. The van der Waals surface area contributed by atoms with Crippen LogP contribution in [0.4, 0.5) is 0 Å². The number of ether oxygens (including phenoxy) is 1. The van der Waals surface area contributed by atoms with Crippen LogP contribution in [0.3, 0.4) is 0 Å². The molecule has 0 aliphatic rings. The van der Waals surface area contributed by atoms with Gasteiger partial charge < -0.3 is 34.0 Å². The fourth-order valence-electron chi connectivity index (χ4n) is 2.15. The second kappa shape index (κ2) is 12.8. The fourth-order valence-corrected chi connectivity index (χ4v) is 2.97. The van der Waals surface area contributed by atoms with Crippen molar-refractivity contribution in [1.29, 1.82) is 0 Å². The summed E-state index contributed by atoms with van der Waals surface area (Å²) in [5.41, 5.74) is 0. The molecule has 6 heteroatoms. The van der Waals surface area contributed by atoms with E-state index in [1.807, 2.05) is 25.1 Å². The molecule has 0 aromatic heterocycles. The zero-order valence-corrected chi connectivity index (χ0v) is 20.0. The van der Waals surface area contributed by atoms with Crippen LogP contribution >= 0.6 is 0 Å². The van der Waals surface area contributed by atoms with Crippen LogP contribution in [0, 0.1) is 0 Å². The Morgan fingerprint density at radius 1 is 1.00 bits per heavy atom. The number of halogens is 2.